The molecule has 37 heavy (non-hydrogen) atoms. The molecule has 4 aromatic rings. The molecule has 194 valence electrons. The maximum absolute atomic E-state index is 14.0. The Balaban J connectivity index is 2.01. The molecule has 0 aliphatic rings. The van der Waals surface area contributed by atoms with Gasteiger partial charge in [-0.1, -0.05) is 19.9 Å². The summed E-state index contributed by atoms with van der Waals surface area (Å²) in [6, 6.07) is 10.4. The molecule has 0 amide bonds. The smallest absolute Gasteiger partial charge is 0.352 e. The molecule has 8 heteroatoms. The van der Waals surface area contributed by atoms with Crippen LogP contribution < -0.4 is 15.6 Å². The highest BCUT2D eigenvalue weighted by Gasteiger charge is 2.25. The average Bonchev–Trinajstić information content (AvgIpc) is 3.24. The summed E-state index contributed by atoms with van der Waals surface area (Å²) in [5.74, 6) is -0.460. The summed E-state index contributed by atoms with van der Waals surface area (Å²) in [4.78, 5) is 27.3. The van der Waals surface area contributed by atoms with Crippen molar-refractivity contribution in [1.82, 2.24) is 14.9 Å². The minimum absolute atomic E-state index is 0.0785. The Hall–Kier alpha value is -3.91. The van der Waals surface area contributed by atoms with Gasteiger partial charge in [0.1, 0.15) is 28.5 Å². The molecular formula is C29H32FN3O4. The molecule has 0 saturated heterocycles. The van der Waals surface area contributed by atoms with E-state index in [1.807, 2.05) is 18.2 Å². The first-order valence-corrected chi connectivity index (χ1v) is 12.1. The lowest BCUT2D eigenvalue weighted by molar-refractivity contribution is 0.0691. The van der Waals surface area contributed by atoms with Crippen LogP contribution in [0.1, 0.15) is 54.9 Å². The lowest BCUT2D eigenvalue weighted by Crippen LogP contribution is -2.41. The van der Waals surface area contributed by atoms with E-state index in [-0.39, 0.29) is 28.6 Å². The third kappa shape index (κ3) is 5.02. The zero-order valence-electron chi connectivity index (χ0n) is 22.1. The second kappa shape index (κ2) is 9.52. The molecule has 0 spiro atoms. The van der Waals surface area contributed by atoms with Gasteiger partial charge in [-0.3, -0.25) is 4.79 Å². The summed E-state index contributed by atoms with van der Waals surface area (Å²) < 4.78 is 21.8. The van der Waals surface area contributed by atoms with Gasteiger partial charge in [-0.05, 0) is 74.7 Å². The van der Waals surface area contributed by atoms with Gasteiger partial charge in [0.2, 0.25) is 0 Å². The molecule has 2 heterocycles. The van der Waals surface area contributed by atoms with Crippen molar-refractivity contribution in [2.24, 2.45) is 7.05 Å². The maximum atomic E-state index is 14.0. The van der Waals surface area contributed by atoms with Crippen LogP contribution >= 0.6 is 0 Å². The zero-order chi connectivity index (χ0) is 27.2. The van der Waals surface area contributed by atoms with Gasteiger partial charge in [0.05, 0.1) is 0 Å². The van der Waals surface area contributed by atoms with Crippen molar-refractivity contribution >= 4 is 16.9 Å². The van der Waals surface area contributed by atoms with Crippen LogP contribution in [-0.2, 0) is 12.6 Å². The molecule has 2 aromatic heterocycles. The minimum Gasteiger partial charge on any atom is -0.477 e. The standard InChI is InChI=1S/C29H32FN3O4/c1-15(2)32-29(5,6)18-8-9-24(37-26-16(3)10-19(30)11-17(26)4)20(12-18)22-14-33(7)27(34)25-21(22)13-23(31-25)28(35)36/h8-15,31-32H,1-7H3,(H,35,36). The summed E-state index contributed by atoms with van der Waals surface area (Å²) in [6.45, 7) is 11.9. The first-order chi connectivity index (χ1) is 17.3. The second-order valence-corrected chi connectivity index (χ2v) is 10.3. The number of aromatic carboxylic acids is 1. The van der Waals surface area contributed by atoms with Crippen LogP contribution in [0.2, 0.25) is 0 Å². The van der Waals surface area contributed by atoms with Gasteiger partial charge >= 0.3 is 5.97 Å². The van der Waals surface area contributed by atoms with Crippen LogP contribution in [0.25, 0.3) is 22.0 Å². The molecule has 0 aliphatic carbocycles. The SMILES string of the molecule is Cc1cc(F)cc(C)c1Oc1ccc(C(C)(C)NC(C)C)cc1-c1cn(C)c(=O)c2[nH]c(C(=O)O)cc12. The number of nitrogens with zero attached hydrogens (tertiary/aromatic N) is 1. The number of fused-ring (bicyclic) bond motifs is 1. The van der Waals surface area contributed by atoms with Crippen LogP contribution in [0.4, 0.5) is 4.39 Å². The Morgan fingerprint density at radius 2 is 1.76 bits per heavy atom. The Bertz CT molecular complexity index is 1560. The van der Waals surface area contributed by atoms with E-state index in [0.29, 0.717) is 39.1 Å². The molecule has 0 unspecified atom stereocenters. The summed E-state index contributed by atoms with van der Waals surface area (Å²) in [5, 5.41) is 13.6. The number of nitrogens with one attached hydrogen (secondary N) is 2. The fraction of sp³-hybridized carbons (Fsp3) is 0.310. The monoisotopic (exact) mass is 505 g/mol. The Kier molecular flexibility index (Phi) is 6.73. The minimum atomic E-state index is -1.16. The van der Waals surface area contributed by atoms with E-state index < -0.39 is 11.5 Å². The lowest BCUT2D eigenvalue weighted by Gasteiger charge is -2.30. The second-order valence-electron chi connectivity index (χ2n) is 10.3. The van der Waals surface area contributed by atoms with E-state index in [4.69, 9.17) is 4.74 Å². The fourth-order valence-electron chi connectivity index (χ4n) is 4.86. The number of benzene rings is 2. The quantitative estimate of drug-likeness (QED) is 0.286. The molecule has 7 nitrogen and oxygen atoms in total. The third-order valence-corrected chi connectivity index (χ3v) is 6.47. The summed E-state index contributed by atoms with van der Waals surface area (Å²) in [5.41, 5.74) is 2.97. The van der Waals surface area contributed by atoms with Gasteiger partial charge in [-0.15, -0.1) is 0 Å². The van der Waals surface area contributed by atoms with Crippen molar-refractivity contribution in [3.8, 4) is 22.6 Å². The van der Waals surface area contributed by atoms with Crippen LogP contribution in [0.3, 0.4) is 0 Å². The fourth-order valence-corrected chi connectivity index (χ4v) is 4.86. The predicted octanol–water partition coefficient (Wildman–Crippen LogP) is 6.01. The molecule has 0 radical (unpaired) electrons. The van der Waals surface area contributed by atoms with Crippen LogP contribution in [0, 0.1) is 19.7 Å². The van der Waals surface area contributed by atoms with E-state index in [0.717, 1.165) is 5.56 Å². The number of pyridine rings is 1. The number of H-pyrrole nitrogens is 1. The number of ether oxygens (including phenoxy) is 1. The van der Waals surface area contributed by atoms with Crippen molar-refractivity contribution in [1.29, 1.82) is 0 Å². The summed E-state index contributed by atoms with van der Waals surface area (Å²) in [6.07, 6.45) is 1.68. The highest BCUT2D eigenvalue weighted by Crippen LogP contribution is 2.41. The van der Waals surface area contributed by atoms with Crippen LogP contribution in [-0.4, -0.2) is 26.7 Å². The van der Waals surface area contributed by atoms with Crippen molar-refractivity contribution < 1.29 is 19.0 Å². The first kappa shape index (κ1) is 26.2. The number of aromatic amines is 1. The van der Waals surface area contributed by atoms with Crippen molar-refractivity contribution in [2.75, 3.05) is 0 Å². The number of halogens is 1. The average molecular weight is 506 g/mol. The van der Waals surface area contributed by atoms with E-state index >= 15 is 0 Å². The number of carboxylic acid groups (broad SMARTS) is 1. The molecular weight excluding hydrogens is 473 g/mol. The van der Waals surface area contributed by atoms with E-state index in [9.17, 15) is 19.1 Å². The molecule has 3 N–H and O–H groups in total. The van der Waals surface area contributed by atoms with Crippen molar-refractivity contribution in [3.05, 3.63) is 81.2 Å². The number of hydrogen-bond donors (Lipinski definition) is 3. The van der Waals surface area contributed by atoms with E-state index in [1.165, 1.54) is 22.8 Å². The molecule has 0 saturated carbocycles. The zero-order valence-corrected chi connectivity index (χ0v) is 22.1. The van der Waals surface area contributed by atoms with Gasteiger partial charge in [0.25, 0.3) is 5.56 Å². The summed E-state index contributed by atoms with van der Waals surface area (Å²) in [7, 11) is 1.62. The normalized spacial score (nSPS) is 11.9. The topological polar surface area (TPSA) is 96.4 Å². The molecule has 0 bridgehead atoms. The number of rotatable bonds is 7. The Labute approximate surface area is 214 Å². The van der Waals surface area contributed by atoms with Gasteiger partial charge in [0.15, 0.2) is 0 Å². The van der Waals surface area contributed by atoms with Gasteiger partial charge in [-0.25, -0.2) is 9.18 Å². The molecule has 4 rings (SSSR count). The Morgan fingerprint density at radius 1 is 1.11 bits per heavy atom. The van der Waals surface area contributed by atoms with Crippen molar-refractivity contribution in [3.63, 3.8) is 0 Å². The maximum Gasteiger partial charge on any atom is 0.352 e. The molecule has 2 aromatic carbocycles. The first-order valence-electron chi connectivity index (χ1n) is 12.1. The number of carboxylic acids is 1. The molecule has 0 aliphatic heterocycles. The third-order valence-electron chi connectivity index (χ3n) is 6.47. The van der Waals surface area contributed by atoms with Crippen LogP contribution in [0.15, 0.2) is 47.4 Å². The number of aryl methyl sites for hydroxylation is 3. The summed E-state index contributed by atoms with van der Waals surface area (Å²) >= 11 is 0. The molecule has 0 atom stereocenters. The number of hydrogen-bond acceptors (Lipinski definition) is 4. The largest absolute Gasteiger partial charge is 0.477 e. The highest BCUT2D eigenvalue weighted by atomic mass is 19.1. The lowest BCUT2D eigenvalue weighted by atomic mass is 9.89. The van der Waals surface area contributed by atoms with Gasteiger partial charge in [-0.2, -0.15) is 0 Å². The predicted molar refractivity (Wildman–Crippen MR) is 143 cm³/mol. The van der Waals surface area contributed by atoms with Crippen molar-refractivity contribution in [2.45, 2.75) is 53.1 Å². The number of aromatic nitrogens is 2. The van der Waals surface area contributed by atoms with Crippen LogP contribution in [0.5, 0.6) is 11.5 Å². The van der Waals surface area contributed by atoms with Gasteiger partial charge in [0, 0.05) is 41.3 Å². The highest BCUT2D eigenvalue weighted by molar-refractivity contribution is 6.01. The number of carbonyl (C=O) groups is 1. The van der Waals surface area contributed by atoms with Gasteiger partial charge < -0.3 is 24.7 Å². The molecule has 0 fully saturated rings. The Morgan fingerprint density at radius 3 is 2.35 bits per heavy atom. The van der Waals surface area contributed by atoms with E-state index in [2.05, 4.69) is 38.0 Å². The van der Waals surface area contributed by atoms with E-state index in [1.54, 1.807) is 27.1 Å².